The van der Waals surface area contributed by atoms with Crippen molar-refractivity contribution in [2.24, 2.45) is 0 Å². The van der Waals surface area contributed by atoms with Gasteiger partial charge in [-0.25, -0.2) is 0 Å². The zero-order valence-electron chi connectivity index (χ0n) is 10.7. The summed E-state index contributed by atoms with van der Waals surface area (Å²) >= 11 is 6.90. The van der Waals surface area contributed by atoms with E-state index in [2.05, 4.69) is 37.2 Å². The molecule has 0 radical (unpaired) electrons. The number of anilines is 1. The highest BCUT2D eigenvalue weighted by molar-refractivity contribution is 9.11. The van der Waals surface area contributed by atoms with Gasteiger partial charge in [0.25, 0.3) is 5.69 Å². The Labute approximate surface area is 133 Å². The molecule has 0 aliphatic heterocycles. The minimum atomic E-state index is -0.370. The molecule has 20 heavy (non-hydrogen) atoms. The van der Waals surface area contributed by atoms with Crippen LogP contribution >= 0.6 is 31.9 Å². The van der Waals surface area contributed by atoms with E-state index in [1.807, 2.05) is 24.3 Å². The molecule has 0 aromatic heterocycles. The normalized spacial score (nSPS) is 10.3. The summed E-state index contributed by atoms with van der Waals surface area (Å²) in [6.07, 6.45) is 0. The fraction of sp³-hybridized carbons (Fsp3) is 0.143. The van der Waals surface area contributed by atoms with Gasteiger partial charge in [0, 0.05) is 27.1 Å². The van der Waals surface area contributed by atoms with Crippen LogP contribution in [0.3, 0.4) is 0 Å². The number of hydrogen-bond donors (Lipinski definition) is 1. The molecule has 0 unspecified atom stereocenters. The Morgan fingerprint density at radius 3 is 2.55 bits per heavy atom. The highest BCUT2D eigenvalue weighted by Crippen LogP contribution is 2.31. The SMILES string of the molecule is Cc1cc(Br)c(NCc2ccccc2Br)cc1[N+](=O)[O-]. The molecule has 0 atom stereocenters. The predicted octanol–water partition coefficient (Wildman–Crippen LogP) is 5.04. The third-order valence-electron chi connectivity index (χ3n) is 2.91. The molecule has 2 aromatic carbocycles. The van der Waals surface area contributed by atoms with Crippen molar-refractivity contribution in [3.63, 3.8) is 0 Å². The zero-order chi connectivity index (χ0) is 14.7. The number of benzene rings is 2. The number of nitrogens with zero attached hydrogens (tertiary/aromatic N) is 1. The van der Waals surface area contributed by atoms with Crippen molar-refractivity contribution in [3.8, 4) is 0 Å². The second-order valence-electron chi connectivity index (χ2n) is 4.32. The smallest absolute Gasteiger partial charge is 0.274 e. The van der Waals surface area contributed by atoms with E-state index in [4.69, 9.17) is 0 Å². The van der Waals surface area contributed by atoms with Crippen LogP contribution in [-0.2, 0) is 6.54 Å². The number of halogens is 2. The average molecular weight is 400 g/mol. The van der Waals surface area contributed by atoms with Crippen LogP contribution in [0.2, 0.25) is 0 Å². The summed E-state index contributed by atoms with van der Waals surface area (Å²) in [7, 11) is 0. The molecule has 4 nitrogen and oxygen atoms in total. The van der Waals surface area contributed by atoms with Gasteiger partial charge in [0.2, 0.25) is 0 Å². The topological polar surface area (TPSA) is 55.2 Å². The number of hydrogen-bond acceptors (Lipinski definition) is 3. The lowest BCUT2D eigenvalue weighted by Crippen LogP contribution is -2.02. The number of nitrogens with one attached hydrogen (secondary N) is 1. The summed E-state index contributed by atoms with van der Waals surface area (Å²) < 4.78 is 1.82. The third-order valence-corrected chi connectivity index (χ3v) is 4.34. The summed E-state index contributed by atoms with van der Waals surface area (Å²) in [5.41, 5.74) is 2.54. The highest BCUT2D eigenvalue weighted by Gasteiger charge is 2.14. The lowest BCUT2D eigenvalue weighted by atomic mass is 10.1. The Morgan fingerprint density at radius 2 is 1.90 bits per heavy atom. The van der Waals surface area contributed by atoms with Crippen LogP contribution in [0.15, 0.2) is 45.3 Å². The fourth-order valence-corrected chi connectivity index (χ4v) is 2.85. The molecule has 0 spiro atoms. The van der Waals surface area contributed by atoms with Gasteiger partial charge in [-0.2, -0.15) is 0 Å². The zero-order valence-corrected chi connectivity index (χ0v) is 13.9. The Morgan fingerprint density at radius 1 is 1.20 bits per heavy atom. The molecule has 6 heteroatoms. The van der Waals surface area contributed by atoms with Gasteiger partial charge in [-0.1, -0.05) is 34.1 Å². The number of nitro benzene ring substituents is 1. The summed E-state index contributed by atoms with van der Waals surface area (Å²) in [6, 6.07) is 11.2. The van der Waals surface area contributed by atoms with Gasteiger partial charge in [0.1, 0.15) is 0 Å². The van der Waals surface area contributed by atoms with Crippen LogP contribution < -0.4 is 5.32 Å². The summed E-state index contributed by atoms with van der Waals surface area (Å²) in [6.45, 7) is 2.31. The Bertz CT molecular complexity index is 660. The van der Waals surface area contributed by atoms with Gasteiger partial charge in [-0.3, -0.25) is 10.1 Å². The molecule has 2 aromatic rings. The van der Waals surface area contributed by atoms with E-state index < -0.39 is 0 Å². The first-order valence-electron chi connectivity index (χ1n) is 5.91. The molecule has 2 rings (SSSR count). The Balaban J connectivity index is 2.24. The standard InChI is InChI=1S/C14H12Br2N2O2/c1-9-6-12(16)13(7-14(9)18(19)20)17-8-10-4-2-3-5-11(10)15/h2-7,17H,8H2,1H3. The van der Waals surface area contributed by atoms with Crippen molar-refractivity contribution in [2.45, 2.75) is 13.5 Å². The van der Waals surface area contributed by atoms with E-state index in [0.717, 1.165) is 14.5 Å². The molecule has 0 fully saturated rings. The highest BCUT2D eigenvalue weighted by atomic mass is 79.9. The van der Waals surface area contributed by atoms with Crippen LogP contribution in [-0.4, -0.2) is 4.92 Å². The molecule has 0 aliphatic rings. The van der Waals surface area contributed by atoms with Gasteiger partial charge in [-0.15, -0.1) is 0 Å². The van der Waals surface area contributed by atoms with Crippen molar-refractivity contribution < 1.29 is 4.92 Å². The molecule has 0 heterocycles. The van der Waals surface area contributed by atoms with Crippen LogP contribution in [0.1, 0.15) is 11.1 Å². The number of aryl methyl sites for hydroxylation is 1. The van der Waals surface area contributed by atoms with Gasteiger partial charge >= 0.3 is 0 Å². The van der Waals surface area contributed by atoms with E-state index >= 15 is 0 Å². The van der Waals surface area contributed by atoms with Crippen LogP contribution in [0.5, 0.6) is 0 Å². The first-order chi connectivity index (χ1) is 9.49. The summed E-state index contributed by atoms with van der Waals surface area (Å²) in [4.78, 5) is 10.6. The molecule has 0 aliphatic carbocycles. The van der Waals surface area contributed by atoms with E-state index in [-0.39, 0.29) is 10.6 Å². The lowest BCUT2D eigenvalue weighted by Gasteiger charge is -2.11. The predicted molar refractivity (Wildman–Crippen MR) is 87.0 cm³/mol. The fourth-order valence-electron chi connectivity index (χ4n) is 1.83. The molecular weight excluding hydrogens is 388 g/mol. The first kappa shape index (κ1) is 15.0. The first-order valence-corrected chi connectivity index (χ1v) is 7.49. The van der Waals surface area contributed by atoms with Gasteiger partial charge in [0.05, 0.1) is 10.6 Å². The second-order valence-corrected chi connectivity index (χ2v) is 6.03. The van der Waals surface area contributed by atoms with Crippen molar-refractivity contribution in [3.05, 3.63) is 66.6 Å². The van der Waals surface area contributed by atoms with Crippen molar-refractivity contribution >= 4 is 43.2 Å². The van der Waals surface area contributed by atoms with E-state index in [1.54, 1.807) is 19.1 Å². The molecule has 0 saturated heterocycles. The van der Waals surface area contributed by atoms with Crippen molar-refractivity contribution in [2.75, 3.05) is 5.32 Å². The second kappa shape index (κ2) is 6.37. The molecule has 0 saturated carbocycles. The maximum absolute atomic E-state index is 11.0. The van der Waals surface area contributed by atoms with E-state index in [0.29, 0.717) is 17.8 Å². The molecule has 0 bridgehead atoms. The minimum Gasteiger partial charge on any atom is -0.380 e. The maximum atomic E-state index is 11.0. The molecule has 1 N–H and O–H groups in total. The van der Waals surface area contributed by atoms with Crippen molar-refractivity contribution in [1.29, 1.82) is 0 Å². The third kappa shape index (κ3) is 3.37. The molecular formula is C14H12Br2N2O2. The van der Waals surface area contributed by atoms with Crippen LogP contribution in [0.4, 0.5) is 11.4 Å². The Kier molecular flexibility index (Phi) is 4.77. The van der Waals surface area contributed by atoms with Gasteiger partial charge in [0.15, 0.2) is 0 Å². The number of rotatable bonds is 4. The van der Waals surface area contributed by atoms with Gasteiger partial charge < -0.3 is 5.32 Å². The largest absolute Gasteiger partial charge is 0.380 e. The quantitative estimate of drug-likeness (QED) is 0.578. The lowest BCUT2D eigenvalue weighted by molar-refractivity contribution is -0.385. The molecule has 0 amide bonds. The van der Waals surface area contributed by atoms with E-state index in [9.17, 15) is 10.1 Å². The van der Waals surface area contributed by atoms with Crippen LogP contribution in [0, 0.1) is 17.0 Å². The maximum Gasteiger partial charge on any atom is 0.274 e. The minimum absolute atomic E-state index is 0.114. The van der Waals surface area contributed by atoms with E-state index in [1.165, 1.54) is 0 Å². The number of nitro groups is 1. The van der Waals surface area contributed by atoms with Crippen LogP contribution in [0.25, 0.3) is 0 Å². The Hall–Kier alpha value is -1.40. The monoisotopic (exact) mass is 398 g/mol. The molecule has 104 valence electrons. The van der Waals surface area contributed by atoms with Gasteiger partial charge in [-0.05, 0) is 40.5 Å². The average Bonchev–Trinajstić information content (AvgIpc) is 2.39. The summed E-state index contributed by atoms with van der Waals surface area (Å²) in [5, 5.41) is 14.2. The summed E-state index contributed by atoms with van der Waals surface area (Å²) in [5.74, 6) is 0. The van der Waals surface area contributed by atoms with Crippen molar-refractivity contribution in [1.82, 2.24) is 0 Å².